The Balaban J connectivity index is 3.56. The Bertz CT molecular complexity index is 72.2. The van der Waals surface area contributed by atoms with Crippen molar-refractivity contribution in [1.82, 2.24) is 0 Å². The first-order valence-electron chi connectivity index (χ1n) is 1.72. The van der Waals surface area contributed by atoms with E-state index in [1.807, 2.05) is 0 Å². The summed E-state index contributed by atoms with van der Waals surface area (Å²) in [5.74, 6) is -2.76. The van der Waals surface area contributed by atoms with Gasteiger partial charge in [-0.05, 0) is 6.08 Å². The zero-order valence-corrected chi connectivity index (χ0v) is 4.54. The molecule has 0 aromatic carbocycles. The molecule has 0 heterocycles. The minimum absolute atomic E-state index is 0.620. The van der Waals surface area contributed by atoms with Gasteiger partial charge in [0.05, 0.1) is 0 Å². The van der Waals surface area contributed by atoms with E-state index in [0.717, 1.165) is 12.5 Å². The van der Waals surface area contributed by atoms with Gasteiger partial charge in [-0.2, -0.15) is 0 Å². The molecular weight excluding hydrogens is 121 g/mol. The van der Waals surface area contributed by atoms with Crippen LogP contribution in [0.1, 0.15) is 6.92 Å². The summed E-state index contributed by atoms with van der Waals surface area (Å²) in [6.45, 7) is 0.770. The van der Waals surface area contributed by atoms with E-state index in [0.29, 0.717) is 6.08 Å². The summed E-state index contributed by atoms with van der Waals surface area (Å²) in [6.07, 6.45) is 0.620. The molecule has 0 saturated heterocycles. The molecule has 0 radical (unpaired) electrons. The Morgan fingerprint density at radius 2 is 2.00 bits per heavy atom. The number of halogens is 3. The molecule has 0 aromatic rings. The van der Waals surface area contributed by atoms with E-state index in [9.17, 15) is 8.78 Å². The minimum Gasteiger partial charge on any atom is -0.202 e. The third-order valence-corrected chi connectivity index (χ3v) is 0.482. The molecule has 0 N–H and O–H groups in total. The van der Waals surface area contributed by atoms with Crippen molar-refractivity contribution in [3.8, 4) is 0 Å². The first-order chi connectivity index (χ1) is 3.06. The highest BCUT2D eigenvalue weighted by Crippen LogP contribution is 2.12. The van der Waals surface area contributed by atoms with Gasteiger partial charge in [0.15, 0.2) is 0 Å². The molecule has 0 spiro atoms. The highest BCUT2D eigenvalue weighted by molar-refractivity contribution is 6.25. The van der Waals surface area contributed by atoms with Gasteiger partial charge in [-0.3, -0.25) is 0 Å². The molecule has 0 aliphatic heterocycles. The van der Waals surface area contributed by atoms with E-state index in [-0.39, 0.29) is 0 Å². The lowest BCUT2D eigenvalue weighted by molar-refractivity contribution is 0.0777. The van der Waals surface area contributed by atoms with Crippen LogP contribution in [0.25, 0.3) is 0 Å². The topological polar surface area (TPSA) is 0 Å². The molecule has 0 fully saturated rings. The van der Waals surface area contributed by atoms with Gasteiger partial charge in [0, 0.05) is 12.5 Å². The number of allylic oxidation sites excluding steroid dienone is 1. The first-order valence-corrected chi connectivity index (χ1v) is 2.15. The van der Waals surface area contributed by atoms with Crippen molar-refractivity contribution < 1.29 is 8.78 Å². The van der Waals surface area contributed by atoms with E-state index in [4.69, 9.17) is 11.6 Å². The smallest absolute Gasteiger partial charge is 0.202 e. The standard InChI is InChI=1S/C4H5ClF2/c1-4(6,7)2-3-5/h2-3H,1H3/b3-2-. The normalized spacial score (nSPS) is 13.1. The van der Waals surface area contributed by atoms with Crippen molar-refractivity contribution >= 4 is 11.6 Å². The van der Waals surface area contributed by atoms with Crippen molar-refractivity contribution in [1.29, 1.82) is 0 Å². The lowest BCUT2D eigenvalue weighted by Gasteiger charge is -1.98. The van der Waals surface area contributed by atoms with Gasteiger partial charge in [-0.1, -0.05) is 11.6 Å². The van der Waals surface area contributed by atoms with Crippen LogP contribution < -0.4 is 0 Å². The van der Waals surface area contributed by atoms with Gasteiger partial charge in [0.2, 0.25) is 0 Å². The van der Waals surface area contributed by atoms with Crippen molar-refractivity contribution in [2.45, 2.75) is 12.8 Å². The van der Waals surface area contributed by atoms with Crippen LogP contribution in [-0.2, 0) is 0 Å². The second-order valence-corrected chi connectivity index (χ2v) is 1.50. The van der Waals surface area contributed by atoms with Crippen molar-refractivity contribution in [3.63, 3.8) is 0 Å². The molecule has 0 bridgehead atoms. The molecule has 0 atom stereocenters. The molecule has 0 saturated carbocycles. The molecular formula is C4H5ClF2. The SMILES string of the molecule is CC(F)(F)/C=C\Cl. The van der Waals surface area contributed by atoms with Crippen LogP contribution >= 0.6 is 11.6 Å². The van der Waals surface area contributed by atoms with E-state index < -0.39 is 5.92 Å². The molecule has 3 heteroatoms. The maximum Gasteiger partial charge on any atom is 0.264 e. The van der Waals surface area contributed by atoms with E-state index in [1.54, 1.807) is 0 Å². The van der Waals surface area contributed by atoms with E-state index >= 15 is 0 Å². The van der Waals surface area contributed by atoms with Crippen LogP contribution in [0.5, 0.6) is 0 Å². The van der Waals surface area contributed by atoms with E-state index in [2.05, 4.69) is 0 Å². The largest absolute Gasteiger partial charge is 0.264 e. The van der Waals surface area contributed by atoms with Crippen molar-refractivity contribution in [3.05, 3.63) is 11.6 Å². The summed E-state index contributed by atoms with van der Waals surface area (Å²) >= 11 is 4.83. The summed E-state index contributed by atoms with van der Waals surface area (Å²) in [5, 5.41) is 0. The second-order valence-electron chi connectivity index (χ2n) is 1.25. The predicted molar refractivity (Wildman–Crippen MR) is 25.6 cm³/mol. The summed E-state index contributed by atoms with van der Waals surface area (Å²) in [5.41, 5.74) is 0.806. The fraction of sp³-hybridized carbons (Fsp3) is 0.500. The molecule has 0 rings (SSSR count). The number of hydrogen-bond donors (Lipinski definition) is 0. The third kappa shape index (κ3) is 5.89. The number of rotatable bonds is 1. The molecule has 0 unspecified atom stereocenters. The van der Waals surface area contributed by atoms with Gasteiger partial charge in [0.1, 0.15) is 0 Å². The molecule has 7 heavy (non-hydrogen) atoms. The van der Waals surface area contributed by atoms with Gasteiger partial charge < -0.3 is 0 Å². The molecule has 0 aromatic heterocycles. The monoisotopic (exact) mass is 126 g/mol. The van der Waals surface area contributed by atoms with Gasteiger partial charge in [-0.15, -0.1) is 0 Å². The zero-order valence-electron chi connectivity index (χ0n) is 3.79. The van der Waals surface area contributed by atoms with Crippen LogP contribution in [0.2, 0.25) is 0 Å². The first kappa shape index (κ1) is 6.89. The van der Waals surface area contributed by atoms with Crippen LogP contribution in [0.3, 0.4) is 0 Å². The maximum atomic E-state index is 11.6. The Morgan fingerprint density at radius 3 is 2.00 bits per heavy atom. The predicted octanol–water partition coefficient (Wildman–Crippen LogP) is 2.39. The van der Waals surface area contributed by atoms with E-state index in [1.165, 1.54) is 0 Å². The van der Waals surface area contributed by atoms with Crippen LogP contribution in [0.4, 0.5) is 8.78 Å². The van der Waals surface area contributed by atoms with Gasteiger partial charge >= 0.3 is 0 Å². The minimum atomic E-state index is -2.76. The van der Waals surface area contributed by atoms with Gasteiger partial charge in [0.25, 0.3) is 5.92 Å². The summed E-state index contributed by atoms with van der Waals surface area (Å²) in [7, 11) is 0. The average molecular weight is 127 g/mol. The van der Waals surface area contributed by atoms with Crippen molar-refractivity contribution in [2.75, 3.05) is 0 Å². The van der Waals surface area contributed by atoms with Gasteiger partial charge in [-0.25, -0.2) is 8.78 Å². The second kappa shape index (κ2) is 2.26. The number of alkyl halides is 2. The Hall–Kier alpha value is -0.110. The van der Waals surface area contributed by atoms with Crippen LogP contribution in [0, 0.1) is 0 Å². The molecule has 0 amide bonds. The fourth-order valence-corrected chi connectivity index (χ4v) is 0.332. The summed E-state index contributed by atoms with van der Waals surface area (Å²) < 4.78 is 23.1. The quantitative estimate of drug-likeness (QED) is 0.506. The highest BCUT2D eigenvalue weighted by atomic mass is 35.5. The molecule has 0 aliphatic carbocycles. The lowest BCUT2D eigenvalue weighted by Crippen LogP contribution is -2.02. The molecule has 0 nitrogen and oxygen atoms in total. The maximum absolute atomic E-state index is 11.6. The fourth-order valence-electron chi connectivity index (χ4n) is 0.111. The molecule has 0 aliphatic rings. The molecule has 42 valence electrons. The average Bonchev–Trinajstić information content (AvgIpc) is 1.30. The number of hydrogen-bond acceptors (Lipinski definition) is 0. The lowest BCUT2D eigenvalue weighted by atomic mass is 10.4. The Morgan fingerprint density at radius 1 is 1.57 bits per heavy atom. The summed E-state index contributed by atoms with van der Waals surface area (Å²) in [6, 6.07) is 0. The Kier molecular flexibility index (Phi) is 2.23. The van der Waals surface area contributed by atoms with Crippen LogP contribution in [0.15, 0.2) is 11.6 Å². The van der Waals surface area contributed by atoms with Crippen LogP contribution in [-0.4, -0.2) is 5.92 Å². The summed E-state index contributed by atoms with van der Waals surface area (Å²) in [4.78, 5) is 0. The zero-order chi connectivity index (χ0) is 5.91. The third-order valence-electron chi connectivity index (χ3n) is 0.356. The highest BCUT2D eigenvalue weighted by Gasteiger charge is 2.14. The Labute approximate surface area is 45.8 Å². The van der Waals surface area contributed by atoms with Crippen molar-refractivity contribution in [2.24, 2.45) is 0 Å².